The number of hydrogen-bond acceptors (Lipinski definition) is 4. The zero-order valence-electron chi connectivity index (χ0n) is 27.2. The van der Waals surface area contributed by atoms with Crippen molar-refractivity contribution in [1.82, 2.24) is 14.5 Å². The smallest absolute Gasteiger partial charge is 0.271 e. The van der Waals surface area contributed by atoms with Crippen LogP contribution >= 0.6 is 0 Å². The van der Waals surface area contributed by atoms with E-state index in [4.69, 9.17) is 4.98 Å². The van der Waals surface area contributed by atoms with Gasteiger partial charge in [-0.2, -0.15) is 0 Å². The predicted octanol–water partition coefficient (Wildman–Crippen LogP) is 8.39. The third-order valence-electron chi connectivity index (χ3n) is 8.92. The van der Waals surface area contributed by atoms with E-state index in [0.29, 0.717) is 17.0 Å². The van der Waals surface area contributed by atoms with E-state index in [1.54, 1.807) is 26.0 Å². The minimum absolute atomic E-state index is 0.0117. The molecule has 1 N–H and O–H groups in total. The number of nitrogens with zero attached hydrogens (tertiary/aromatic N) is 3. The minimum atomic E-state index is -3.19. The summed E-state index contributed by atoms with van der Waals surface area (Å²) < 4.78 is 45.9. The van der Waals surface area contributed by atoms with E-state index in [1.807, 2.05) is 102 Å². The summed E-state index contributed by atoms with van der Waals surface area (Å²) in [5.74, 6) is -0.281. The fourth-order valence-electron chi connectivity index (χ4n) is 6.46. The van der Waals surface area contributed by atoms with Gasteiger partial charge in [0.1, 0.15) is 23.5 Å². The van der Waals surface area contributed by atoms with Gasteiger partial charge in [-0.3, -0.25) is 4.98 Å². The fourth-order valence-corrected chi connectivity index (χ4v) is 6.46. The number of imidazole rings is 1. The normalized spacial score (nSPS) is 13.3. The van der Waals surface area contributed by atoms with E-state index in [-0.39, 0.29) is 17.8 Å². The molecule has 2 heterocycles. The largest absolute Gasteiger partial charge is 0.379 e. The van der Waals surface area contributed by atoms with Crippen molar-refractivity contribution in [2.75, 3.05) is 0 Å². The molecule has 4 aromatic carbocycles. The molecule has 0 saturated heterocycles. The molecule has 49 heavy (non-hydrogen) atoms. The van der Waals surface area contributed by atoms with Crippen molar-refractivity contribution in [3.63, 3.8) is 0 Å². The van der Waals surface area contributed by atoms with Crippen LogP contribution in [0.15, 0.2) is 140 Å². The Morgan fingerprint density at radius 2 is 1.27 bits per heavy atom. The number of rotatable bonds is 12. The summed E-state index contributed by atoms with van der Waals surface area (Å²) in [5.41, 5.74) is -0.425. The summed E-state index contributed by atoms with van der Waals surface area (Å²) in [6.45, 7) is 3.59. The predicted molar refractivity (Wildman–Crippen MR) is 184 cm³/mol. The topological polar surface area (TPSA) is 68.0 Å². The second-order valence-electron chi connectivity index (χ2n) is 13.0. The first kappa shape index (κ1) is 33.6. The maximum absolute atomic E-state index is 15.3. The van der Waals surface area contributed by atoms with Gasteiger partial charge in [-0.15, -0.1) is 0 Å². The number of pyridine rings is 1. The molecule has 0 saturated carbocycles. The van der Waals surface area contributed by atoms with E-state index < -0.39 is 35.2 Å². The highest BCUT2D eigenvalue weighted by Crippen LogP contribution is 2.44. The third-order valence-corrected chi connectivity index (χ3v) is 8.92. The van der Waals surface area contributed by atoms with Crippen LogP contribution in [0.1, 0.15) is 47.6 Å². The monoisotopic (exact) mass is 659 g/mol. The summed E-state index contributed by atoms with van der Waals surface area (Å²) in [6.07, 6.45) is 0.272. The molecule has 0 radical (unpaired) electrons. The molecule has 1 atom stereocenters. The number of aldehydes is 1. The Kier molecular flexibility index (Phi) is 9.35. The molecule has 1 unspecified atom stereocenters. The van der Waals surface area contributed by atoms with Crippen LogP contribution in [-0.4, -0.2) is 32.4 Å². The standard InChI is InChI=1S/C41H36F3N3O2/c1-39(2,28-48)24-35-27-47(41(31-12-6-3-7-13-31,32-14-8-4-9-15-32)33-16-10-5-11-17-33)37(46-35)25-40(49,38(43)44)30-20-18-29(19-21-30)36-23-22-34(42)26-45-36/h3-23,26-28,38,49H,24-25H2,1-2H3. The van der Waals surface area contributed by atoms with Crippen LogP contribution in [0.3, 0.4) is 0 Å². The molecule has 6 aromatic rings. The molecule has 2 aromatic heterocycles. The molecule has 0 fully saturated rings. The number of carbonyl (C=O) groups is 1. The summed E-state index contributed by atoms with van der Waals surface area (Å²) in [7, 11) is 0. The van der Waals surface area contributed by atoms with Gasteiger partial charge < -0.3 is 14.5 Å². The zero-order chi connectivity index (χ0) is 34.6. The van der Waals surface area contributed by atoms with Crippen molar-refractivity contribution >= 4 is 6.29 Å². The average molecular weight is 660 g/mol. The van der Waals surface area contributed by atoms with Crippen LogP contribution < -0.4 is 0 Å². The Balaban J connectivity index is 1.58. The molecule has 0 amide bonds. The molecule has 8 heteroatoms. The Morgan fingerprint density at radius 1 is 0.735 bits per heavy atom. The molecule has 6 rings (SSSR count). The Bertz CT molecular complexity index is 1900. The van der Waals surface area contributed by atoms with Crippen LogP contribution in [-0.2, 0) is 28.8 Å². The zero-order valence-corrected chi connectivity index (χ0v) is 27.2. The van der Waals surface area contributed by atoms with Crippen LogP contribution in [0.2, 0.25) is 0 Å². The number of alkyl halides is 2. The lowest BCUT2D eigenvalue weighted by Crippen LogP contribution is -2.42. The first-order valence-corrected chi connectivity index (χ1v) is 16.0. The molecular formula is C41H36F3N3O2. The lowest BCUT2D eigenvalue weighted by molar-refractivity contribution is -0.114. The van der Waals surface area contributed by atoms with Crippen molar-refractivity contribution < 1.29 is 23.1 Å². The highest BCUT2D eigenvalue weighted by Gasteiger charge is 2.45. The highest BCUT2D eigenvalue weighted by atomic mass is 19.3. The van der Waals surface area contributed by atoms with E-state index in [9.17, 15) is 14.3 Å². The summed E-state index contributed by atoms with van der Waals surface area (Å²) in [6, 6.07) is 38.0. The van der Waals surface area contributed by atoms with Crippen LogP contribution in [0.25, 0.3) is 11.3 Å². The third kappa shape index (κ3) is 6.56. The molecule has 0 aliphatic carbocycles. The Hall–Kier alpha value is -5.34. The number of aromatic nitrogens is 3. The molecule has 248 valence electrons. The summed E-state index contributed by atoms with van der Waals surface area (Å²) >= 11 is 0. The van der Waals surface area contributed by atoms with Gasteiger partial charge in [-0.05, 0) is 34.4 Å². The quantitative estimate of drug-likeness (QED) is 0.106. The van der Waals surface area contributed by atoms with Crippen LogP contribution in [0.4, 0.5) is 13.2 Å². The fraction of sp³-hybridized carbons (Fsp3) is 0.195. The van der Waals surface area contributed by atoms with Gasteiger partial charge in [0.25, 0.3) is 6.43 Å². The van der Waals surface area contributed by atoms with Crippen molar-refractivity contribution in [2.24, 2.45) is 5.41 Å². The Morgan fingerprint density at radius 3 is 1.71 bits per heavy atom. The lowest BCUT2D eigenvalue weighted by Gasteiger charge is -2.39. The summed E-state index contributed by atoms with van der Waals surface area (Å²) in [5, 5.41) is 12.0. The maximum atomic E-state index is 15.3. The van der Waals surface area contributed by atoms with E-state index >= 15 is 8.78 Å². The first-order chi connectivity index (χ1) is 23.6. The van der Waals surface area contributed by atoms with Gasteiger partial charge in [0.05, 0.1) is 17.6 Å². The van der Waals surface area contributed by atoms with Crippen molar-refractivity contribution in [2.45, 2.75) is 44.3 Å². The molecule has 0 aliphatic heterocycles. The van der Waals surface area contributed by atoms with E-state index in [2.05, 4.69) is 4.98 Å². The van der Waals surface area contributed by atoms with Gasteiger partial charge in [-0.25, -0.2) is 18.2 Å². The second-order valence-corrected chi connectivity index (χ2v) is 13.0. The van der Waals surface area contributed by atoms with Gasteiger partial charge in [-0.1, -0.05) is 129 Å². The van der Waals surface area contributed by atoms with Gasteiger partial charge >= 0.3 is 0 Å². The van der Waals surface area contributed by atoms with Crippen LogP contribution in [0.5, 0.6) is 0 Å². The second kappa shape index (κ2) is 13.6. The highest BCUT2D eigenvalue weighted by molar-refractivity contribution is 5.60. The SMILES string of the molecule is CC(C)(C=O)Cc1cn(C(c2ccccc2)(c2ccccc2)c2ccccc2)c(CC(O)(c2ccc(-c3ccc(F)cn3)cc2)C(F)F)n1. The molecule has 0 aliphatic rings. The van der Waals surface area contributed by atoms with Gasteiger partial charge in [0, 0.05) is 30.0 Å². The molecule has 5 nitrogen and oxygen atoms in total. The van der Waals surface area contributed by atoms with E-state index in [1.165, 1.54) is 24.3 Å². The number of aliphatic hydroxyl groups is 1. The maximum Gasteiger partial charge on any atom is 0.271 e. The molecule has 0 bridgehead atoms. The minimum Gasteiger partial charge on any atom is -0.379 e. The van der Waals surface area contributed by atoms with Gasteiger partial charge in [0.15, 0.2) is 5.60 Å². The number of halogens is 3. The number of hydrogen-bond donors (Lipinski definition) is 1. The summed E-state index contributed by atoms with van der Waals surface area (Å²) in [4.78, 5) is 21.0. The number of benzene rings is 4. The van der Waals surface area contributed by atoms with Crippen LogP contribution in [0, 0.1) is 11.2 Å². The number of carbonyl (C=O) groups excluding carboxylic acids is 1. The van der Waals surface area contributed by atoms with Crippen molar-refractivity contribution in [1.29, 1.82) is 0 Å². The lowest BCUT2D eigenvalue weighted by atomic mass is 9.76. The average Bonchev–Trinajstić information content (AvgIpc) is 3.51. The Labute approximate surface area is 283 Å². The molecule has 0 spiro atoms. The van der Waals surface area contributed by atoms with E-state index in [0.717, 1.165) is 29.2 Å². The van der Waals surface area contributed by atoms with Crippen molar-refractivity contribution in [3.05, 3.63) is 179 Å². The van der Waals surface area contributed by atoms with Gasteiger partial charge in [0.2, 0.25) is 0 Å². The molecular weight excluding hydrogens is 623 g/mol. The first-order valence-electron chi connectivity index (χ1n) is 16.0. The van der Waals surface area contributed by atoms with Crippen molar-refractivity contribution in [3.8, 4) is 11.3 Å².